The van der Waals surface area contributed by atoms with Crippen LogP contribution in [0.5, 0.6) is 0 Å². The standard InChI is InChI=1S/C27H29FN6/c1-20-9-8-14-25(21(20)2)32-15-17-33(18-16-32)26(23-12-6-7-13-24(23)28)27-29-30-31-34(27)19-22-10-4-3-5-11-22/h3-14,26H,15-19H2,1-2H3/t26-/m0/s1. The first-order chi connectivity index (χ1) is 16.6. The number of hydrogen-bond donors (Lipinski definition) is 0. The van der Waals surface area contributed by atoms with Crippen LogP contribution in [0, 0.1) is 19.7 Å². The summed E-state index contributed by atoms with van der Waals surface area (Å²) in [5.41, 5.74) is 5.59. The van der Waals surface area contributed by atoms with Gasteiger partial charge in [-0.15, -0.1) is 5.10 Å². The van der Waals surface area contributed by atoms with Gasteiger partial charge in [0.05, 0.1) is 6.54 Å². The lowest BCUT2D eigenvalue weighted by atomic mass is 10.0. The van der Waals surface area contributed by atoms with E-state index in [9.17, 15) is 0 Å². The molecule has 1 fully saturated rings. The van der Waals surface area contributed by atoms with E-state index in [1.807, 2.05) is 42.5 Å². The molecule has 7 heteroatoms. The summed E-state index contributed by atoms with van der Waals surface area (Å²) >= 11 is 0. The Morgan fingerprint density at radius 1 is 0.853 bits per heavy atom. The Hall–Kier alpha value is -3.58. The highest BCUT2D eigenvalue weighted by Gasteiger charge is 2.32. The van der Waals surface area contributed by atoms with Crippen molar-refractivity contribution in [2.24, 2.45) is 0 Å². The van der Waals surface area contributed by atoms with Crippen LogP contribution in [-0.4, -0.2) is 51.3 Å². The van der Waals surface area contributed by atoms with Crippen molar-refractivity contribution in [1.82, 2.24) is 25.1 Å². The fourth-order valence-corrected chi connectivity index (χ4v) is 4.77. The van der Waals surface area contributed by atoms with Gasteiger partial charge in [0.1, 0.15) is 11.9 Å². The first-order valence-electron chi connectivity index (χ1n) is 11.7. The molecule has 0 unspecified atom stereocenters. The van der Waals surface area contributed by atoms with Gasteiger partial charge in [-0.3, -0.25) is 4.90 Å². The molecule has 0 radical (unpaired) electrons. The molecule has 1 atom stereocenters. The molecule has 4 aromatic rings. The number of nitrogens with zero attached hydrogens (tertiary/aromatic N) is 6. The maximum absolute atomic E-state index is 15.1. The van der Waals surface area contributed by atoms with Crippen molar-refractivity contribution in [2.75, 3.05) is 31.1 Å². The van der Waals surface area contributed by atoms with Gasteiger partial charge in [-0.25, -0.2) is 9.07 Å². The zero-order valence-electron chi connectivity index (χ0n) is 19.6. The fraction of sp³-hybridized carbons (Fsp3) is 0.296. The molecule has 6 nitrogen and oxygen atoms in total. The second-order valence-electron chi connectivity index (χ2n) is 8.85. The number of benzene rings is 3. The zero-order valence-corrected chi connectivity index (χ0v) is 19.6. The average Bonchev–Trinajstić information content (AvgIpc) is 3.31. The van der Waals surface area contributed by atoms with Crippen LogP contribution in [0.15, 0.2) is 72.8 Å². The zero-order chi connectivity index (χ0) is 23.5. The molecule has 1 aliphatic rings. The summed E-state index contributed by atoms with van der Waals surface area (Å²) in [5, 5.41) is 12.6. The maximum Gasteiger partial charge on any atom is 0.173 e. The van der Waals surface area contributed by atoms with Gasteiger partial charge in [0.25, 0.3) is 0 Å². The number of aromatic nitrogens is 4. The van der Waals surface area contributed by atoms with E-state index in [4.69, 9.17) is 0 Å². The molecule has 0 saturated carbocycles. The lowest BCUT2D eigenvalue weighted by Crippen LogP contribution is -2.48. The van der Waals surface area contributed by atoms with E-state index in [1.165, 1.54) is 22.9 Å². The summed E-state index contributed by atoms with van der Waals surface area (Å²) in [6, 6.07) is 23.1. The first-order valence-corrected chi connectivity index (χ1v) is 11.7. The fourth-order valence-electron chi connectivity index (χ4n) is 4.77. The Morgan fingerprint density at radius 3 is 2.35 bits per heavy atom. The molecule has 0 amide bonds. The summed E-state index contributed by atoms with van der Waals surface area (Å²) in [7, 11) is 0. The van der Waals surface area contributed by atoms with E-state index in [-0.39, 0.29) is 11.9 Å². The van der Waals surface area contributed by atoms with Gasteiger partial charge >= 0.3 is 0 Å². The Bertz CT molecular complexity index is 1250. The number of aryl methyl sites for hydroxylation is 1. The van der Waals surface area contributed by atoms with Crippen LogP contribution in [0.3, 0.4) is 0 Å². The number of rotatable bonds is 6. The topological polar surface area (TPSA) is 50.1 Å². The first kappa shape index (κ1) is 22.2. The Balaban J connectivity index is 1.44. The van der Waals surface area contributed by atoms with Gasteiger partial charge in [-0.2, -0.15) is 0 Å². The second kappa shape index (κ2) is 9.73. The third kappa shape index (κ3) is 4.43. The van der Waals surface area contributed by atoms with Crippen LogP contribution >= 0.6 is 0 Å². The molecule has 0 bridgehead atoms. The van der Waals surface area contributed by atoms with Gasteiger partial charge in [0.15, 0.2) is 5.82 Å². The lowest BCUT2D eigenvalue weighted by Gasteiger charge is -2.40. The lowest BCUT2D eigenvalue weighted by molar-refractivity contribution is 0.198. The average molecular weight is 457 g/mol. The highest BCUT2D eigenvalue weighted by Crippen LogP contribution is 2.32. The Morgan fingerprint density at radius 2 is 1.59 bits per heavy atom. The van der Waals surface area contributed by atoms with Crippen molar-refractivity contribution in [1.29, 1.82) is 0 Å². The largest absolute Gasteiger partial charge is 0.369 e. The third-order valence-corrected chi connectivity index (χ3v) is 6.78. The van der Waals surface area contributed by atoms with Crippen molar-refractivity contribution >= 4 is 5.69 Å². The summed E-state index contributed by atoms with van der Waals surface area (Å²) < 4.78 is 16.9. The minimum Gasteiger partial charge on any atom is -0.369 e. The highest BCUT2D eigenvalue weighted by molar-refractivity contribution is 5.56. The molecule has 0 N–H and O–H groups in total. The van der Waals surface area contributed by atoms with Crippen molar-refractivity contribution in [2.45, 2.75) is 26.4 Å². The van der Waals surface area contributed by atoms with Crippen LogP contribution in [0.2, 0.25) is 0 Å². The summed E-state index contributed by atoms with van der Waals surface area (Å²) in [6.45, 7) is 8.14. The molecule has 5 rings (SSSR count). The molecule has 1 aromatic heterocycles. The van der Waals surface area contributed by atoms with Gasteiger partial charge in [0.2, 0.25) is 0 Å². The number of halogens is 1. The third-order valence-electron chi connectivity index (χ3n) is 6.78. The van der Waals surface area contributed by atoms with Crippen molar-refractivity contribution < 1.29 is 4.39 Å². The van der Waals surface area contributed by atoms with Gasteiger partial charge < -0.3 is 4.90 Å². The van der Waals surface area contributed by atoms with E-state index >= 15 is 4.39 Å². The minimum atomic E-state index is -0.360. The predicted octanol–water partition coefficient (Wildman–Crippen LogP) is 4.39. The number of anilines is 1. The van der Waals surface area contributed by atoms with Gasteiger partial charge in [-0.1, -0.05) is 60.7 Å². The molecule has 1 saturated heterocycles. The predicted molar refractivity (Wildman–Crippen MR) is 131 cm³/mol. The molecule has 0 spiro atoms. The van der Waals surface area contributed by atoms with E-state index in [0.29, 0.717) is 17.9 Å². The van der Waals surface area contributed by atoms with E-state index in [0.717, 1.165) is 31.7 Å². The molecule has 3 aromatic carbocycles. The SMILES string of the molecule is Cc1cccc(N2CCN([C@@H](c3ccccc3F)c3nnnn3Cc3ccccc3)CC2)c1C. The number of tetrazole rings is 1. The second-order valence-corrected chi connectivity index (χ2v) is 8.85. The number of piperazine rings is 1. The monoisotopic (exact) mass is 456 g/mol. The van der Waals surface area contributed by atoms with Gasteiger partial charge in [0, 0.05) is 37.4 Å². The van der Waals surface area contributed by atoms with Crippen LogP contribution in [0.1, 0.15) is 34.1 Å². The van der Waals surface area contributed by atoms with Crippen LogP contribution in [0.25, 0.3) is 0 Å². The van der Waals surface area contributed by atoms with Crippen LogP contribution < -0.4 is 4.90 Å². The van der Waals surface area contributed by atoms with Crippen LogP contribution in [-0.2, 0) is 6.54 Å². The molecule has 1 aliphatic heterocycles. The van der Waals surface area contributed by atoms with E-state index in [1.54, 1.807) is 10.7 Å². The Labute approximate surface area is 199 Å². The Kier molecular flexibility index (Phi) is 6.36. The summed E-state index contributed by atoms with van der Waals surface area (Å²) in [6.07, 6.45) is 0. The van der Waals surface area contributed by atoms with Crippen molar-refractivity contribution in [3.05, 3.63) is 107 Å². The molecule has 2 heterocycles. The van der Waals surface area contributed by atoms with Crippen molar-refractivity contribution in [3.8, 4) is 0 Å². The quantitative estimate of drug-likeness (QED) is 0.431. The van der Waals surface area contributed by atoms with Crippen LogP contribution in [0.4, 0.5) is 10.1 Å². The summed E-state index contributed by atoms with van der Waals surface area (Å²) in [5.74, 6) is 0.424. The molecular weight excluding hydrogens is 427 g/mol. The normalized spacial score (nSPS) is 15.4. The van der Waals surface area contributed by atoms with E-state index < -0.39 is 0 Å². The smallest absolute Gasteiger partial charge is 0.173 e. The maximum atomic E-state index is 15.1. The van der Waals surface area contributed by atoms with Gasteiger partial charge in [-0.05, 0) is 53.1 Å². The minimum absolute atomic E-state index is 0.237. The summed E-state index contributed by atoms with van der Waals surface area (Å²) in [4.78, 5) is 4.72. The van der Waals surface area contributed by atoms with Crippen molar-refractivity contribution in [3.63, 3.8) is 0 Å². The van der Waals surface area contributed by atoms with E-state index in [2.05, 4.69) is 57.4 Å². The molecule has 174 valence electrons. The highest BCUT2D eigenvalue weighted by atomic mass is 19.1. The molecule has 34 heavy (non-hydrogen) atoms. The molecule has 0 aliphatic carbocycles. The number of hydrogen-bond acceptors (Lipinski definition) is 5. The molecular formula is C27H29FN6.